The lowest BCUT2D eigenvalue weighted by molar-refractivity contribution is -0.0329. The van der Waals surface area contributed by atoms with E-state index in [1.54, 1.807) is 0 Å². The van der Waals surface area contributed by atoms with Gasteiger partial charge in [-0.2, -0.15) is 0 Å². The SMILES string of the molecule is FCC(F)(F)CCC1CO1. The maximum Gasteiger partial charge on any atom is 0.276 e. The first-order valence-electron chi connectivity index (χ1n) is 3.19. The van der Waals surface area contributed by atoms with Gasteiger partial charge in [0.05, 0.1) is 12.7 Å². The van der Waals surface area contributed by atoms with Gasteiger partial charge >= 0.3 is 0 Å². The number of hydrogen-bond donors (Lipinski definition) is 0. The lowest BCUT2D eigenvalue weighted by Crippen LogP contribution is -2.19. The van der Waals surface area contributed by atoms with Gasteiger partial charge in [0.25, 0.3) is 5.92 Å². The van der Waals surface area contributed by atoms with Crippen molar-refractivity contribution in [3.8, 4) is 0 Å². The summed E-state index contributed by atoms with van der Waals surface area (Å²) in [5.41, 5.74) is 0. The molecule has 1 saturated heterocycles. The van der Waals surface area contributed by atoms with Crippen molar-refractivity contribution < 1.29 is 17.9 Å². The number of rotatable bonds is 4. The molecule has 1 atom stereocenters. The van der Waals surface area contributed by atoms with Crippen molar-refractivity contribution in [3.63, 3.8) is 0 Å². The summed E-state index contributed by atoms with van der Waals surface area (Å²) in [6.07, 6.45) is -0.150. The molecule has 4 heteroatoms. The van der Waals surface area contributed by atoms with Gasteiger partial charge < -0.3 is 4.74 Å². The number of epoxide rings is 1. The molecule has 0 radical (unpaired) electrons. The molecular formula is C6H9F3O. The van der Waals surface area contributed by atoms with Crippen molar-refractivity contribution in [2.24, 2.45) is 0 Å². The van der Waals surface area contributed by atoms with E-state index in [0.29, 0.717) is 6.61 Å². The van der Waals surface area contributed by atoms with Crippen LogP contribution in [0.15, 0.2) is 0 Å². The molecule has 1 nitrogen and oxygen atoms in total. The maximum absolute atomic E-state index is 12.1. The fourth-order valence-electron chi connectivity index (χ4n) is 0.674. The van der Waals surface area contributed by atoms with E-state index in [-0.39, 0.29) is 12.5 Å². The number of halogens is 3. The Balaban J connectivity index is 2.09. The average Bonchev–Trinajstić information content (AvgIpc) is 2.66. The van der Waals surface area contributed by atoms with Crippen molar-refractivity contribution in [2.75, 3.05) is 13.3 Å². The van der Waals surface area contributed by atoms with Crippen LogP contribution in [0.4, 0.5) is 13.2 Å². The summed E-state index contributed by atoms with van der Waals surface area (Å²) in [5.74, 6) is -3.13. The Morgan fingerprint density at radius 1 is 1.50 bits per heavy atom. The van der Waals surface area contributed by atoms with Crippen LogP contribution in [-0.2, 0) is 4.74 Å². The summed E-state index contributed by atoms with van der Waals surface area (Å²) in [7, 11) is 0. The first-order chi connectivity index (χ1) is 4.64. The van der Waals surface area contributed by atoms with E-state index < -0.39 is 19.0 Å². The molecule has 1 fully saturated rings. The topological polar surface area (TPSA) is 12.5 Å². The second kappa shape index (κ2) is 2.78. The summed E-state index contributed by atoms with van der Waals surface area (Å²) < 4.78 is 40.4. The average molecular weight is 154 g/mol. The largest absolute Gasteiger partial charge is 0.373 e. The smallest absolute Gasteiger partial charge is 0.276 e. The molecule has 1 heterocycles. The monoisotopic (exact) mass is 154 g/mol. The quantitative estimate of drug-likeness (QED) is 0.562. The van der Waals surface area contributed by atoms with Gasteiger partial charge in [-0.05, 0) is 6.42 Å². The van der Waals surface area contributed by atoms with E-state index in [1.165, 1.54) is 0 Å². The van der Waals surface area contributed by atoms with Crippen molar-refractivity contribution in [2.45, 2.75) is 24.9 Å². The van der Waals surface area contributed by atoms with Gasteiger partial charge in [0, 0.05) is 6.42 Å². The molecule has 0 spiro atoms. The van der Waals surface area contributed by atoms with Crippen molar-refractivity contribution in [3.05, 3.63) is 0 Å². The Labute approximate surface area is 57.2 Å². The molecular weight excluding hydrogens is 145 g/mol. The van der Waals surface area contributed by atoms with E-state index in [9.17, 15) is 13.2 Å². The van der Waals surface area contributed by atoms with Crippen LogP contribution in [0.2, 0.25) is 0 Å². The van der Waals surface area contributed by atoms with Crippen LogP contribution in [0.5, 0.6) is 0 Å². The Morgan fingerprint density at radius 2 is 2.10 bits per heavy atom. The minimum atomic E-state index is -3.13. The standard InChI is InChI=1S/C6H9F3O/c7-4-6(8,9)2-1-5-3-10-5/h5H,1-4H2. The molecule has 0 amide bonds. The lowest BCUT2D eigenvalue weighted by Gasteiger charge is -2.09. The second-order valence-electron chi connectivity index (χ2n) is 2.48. The Kier molecular flexibility index (Phi) is 2.18. The maximum atomic E-state index is 12.1. The third kappa shape index (κ3) is 2.56. The first kappa shape index (κ1) is 7.85. The molecule has 0 saturated carbocycles. The summed E-state index contributed by atoms with van der Waals surface area (Å²) in [6.45, 7) is -0.998. The molecule has 1 aliphatic heterocycles. The molecule has 10 heavy (non-hydrogen) atoms. The molecule has 0 bridgehead atoms. The first-order valence-corrected chi connectivity index (χ1v) is 3.19. The summed E-state index contributed by atoms with van der Waals surface area (Å²) >= 11 is 0. The van der Waals surface area contributed by atoms with E-state index in [0.717, 1.165) is 0 Å². The predicted molar refractivity (Wildman–Crippen MR) is 29.9 cm³/mol. The fourth-order valence-corrected chi connectivity index (χ4v) is 0.674. The third-order valence-corrected chi connectivity index (χ3v) is 1.43. The predicted octanol–water partition coefficient (Wildman–Crippen LogP) is 1.77. The summed E-state index contributed by atoms with van der Waals surface area (Å²) in [4.78, 5) is 0. The van der Waals surface area contributed by atoms with Crippen LogP contribution in [0.25, 0.3) is 0 Å². The number of hydrogen-bond acceptors (Lipinski definition) is 1. The second-order valence-corrected chi connectivity index (χ2v) is 2.48. The van der Waals surface area contributed by atoms with Crippen LogP contribution in [0, 0.1) is 0 Å². The third-order valence-electron chi connectivity index (χ3n) is 1.43. The molecule has 0 aliphatic carbocycles. The molecule has 0 aromatic rings. The molecule has 1 unspecified atom stereocenters. The van der Waals surface area contributed by atoms with Gasteiger partial charge in [-0.1, -0.05) is 0 Å². The zero-order valence-electron chi connectivity index (χ0n) is 5.45. The summed E-state index contributed by atoms with van der Waals surface area (Å²) in [5, 5.41) is 0. The van der Waals surface area contributed by atoms with Gasteiger partial charge in [-0.25, -0.2) is 13.2 Å². The van der Waals surface area contributed by atoms with E-state index in [4.69, 9.17) is 4.74 Å². The highest BCUT2D eigenvalue weighted by atomic mass is 19.3. The van der Waals surface area contributed by atoms with Crippen LogP contribution < -0.4 is 0 Å². The molecule has 60 valence electrons. The van der Waals surface area contributed by atoms with Gasteiger partial charge in [0.15, 0.2) is 6.67 Å². The number of alkyl halides is 3. The van der Waals surface area contributed by atoms with Gasteiger partial charge in [0.1, 0.15) is 0 Å². The zero-order chi connectivity index (χ0) is 7.61. The van der Waals surface area contributed by atoms with Crippen LogP contribution in [-0.4, -0.2) is 25.3 Å². The molecule has 0 aromatic carbocycles. The Hall–Kier alpha value is -0.250. The Bertz CT molecular complexity index is 112. The van der Waals surface area contributed by atoms with E-state index in [2.05, 4.69) is 0 Å². The van der Waals surface area contributed by atoms with Crippen molar-refractivity contribution in [1.29, 1.82) is 0 Å². The van der Waals surface area contributed by atoms with Crippen molar-refractivity contribution >= 4 is 0 Å². The highest BCUT2D eigenvalue weighted by Gasteiger charge is 2.32. The Morgan fingerprint density at radius 3 is 2.50 bits per heavy atom. The van der Waals surface area contributed by atoms with Crippen LogP contribution in [0.1, 0.15) is 12.8 Å². The van der Waals surface area contributed by atoms with Gasteiger partial charge in [-0.15, -0.1) is 0 Å². The van der Waals surface area contributed by atoms with E-state index >= 15 is 0 Å². The molecule has 0 aromatic heterocycles. The minimum absolute atomic E-state index is 0.0302. The molecule has 0 N–H and O–H groups in total. The molecule has 1 rings (SSSR count). The fraction of sp³-hybridized carbons (Fsp3) is 1.00. The lowest BCUT2D eigenvalue weighted by atomic mass is 10.1. The van der Waals surface area contributed by atoms with Gasteiger partial charge in [-0.3, -0.25) is 0 Å². The van der Waals surface area contributed by atoms with Crippen LogP contribution in [0.3, 0.4) is 0 Å². The minimum Gasteiger partial charge on any atom is -0.373 e. The number of ether oxygens (including phenoxy) is 1. The van der Waals surface area contributed by atoms with Gasteiger partial charge in [0.2, 0.25) is 0 Å². The molecule has 1 aliphatic rings. The van der Waals surface area contributed by atoms with Crippen LogP contribution >= 0.6 is 0 Å². The summed E-state index contributed by atoms with van der Waals surface area (Å²) in [6, 6.07) is 0. The highest BCUT2D eigenvalue weighted by molar-refractivity contribution is 4.74. The zero-order valence-corrected chi connectivity index (χ0v) is 5.45. The normalized spacial score (nSPS) is 24.9. The highest BCUT2D eigenvalue weighted by Crippen LogP contribution is 2.25. The van der Waals surface area contributed by atoms with E-state index in [1.807, 2.05) is 0 Å². The van der Waals surface area contributed by atoms with Crippen molar-refractivity contribution in [1.82, 2.24) is 0 Å².